The minimum atomic E-state index is 0.279. The van der Waals surface area contributed by atoms with Crippen LogP contribution in [-0.4, -0.2) is 27.7 Å². The minimum absolute atomic E-state index is 0.279. The summed E-state index contributed by atoms with van der Waals surface area (Å²) < 4.78 is 8.00. The lowest BCUT2D eigenvalue weighted by atomic mass is 10.2. The summed E-state index contributed by atoms with van der Waals surface area (Å²) >= 11 is 1.68. The first-order valence-electron chi connectivity index (χ1n) is 7.04. The van der Waals surface area contributed by atoms with E-state index in [1.807, 2.05) is 17.6 Å². The van der Waals surface area contributed by atoms with Crippen LogP contribution in [0.4, 0.5) is 0 Å². The van der Waals surface area contributed by atoms with Gasteiger partial charge in [0, 0.05) is 24.7 Å². The molecular weight excluding hydrogens is 284 g/mol. The van der Waals surface area contributed by atoms with E-state index in [0.29, 0.717) is 6.61 Å². The summed E-state index contributed by atoms with van der Waals surface area (Å²) in [6.07, 6.45) is 1.84. The average Bonchev–Trinajstić information content (AvgIpc) is 3.14. The molecule has 3 heterocycles. The van der Waals surface area contributed by atoms with Crippen molar-refractivity contribution in [1.29, 1.82) is 0 Å². The fourth-order valence-corrected chi connectivity index (χ4v) is 3.39. The number of benzene rings is 1. The predicted octanol–water partition coefficient (Wildman–Crippen LogP) is 2.35. The van der Waals surface area contributed by atoms with Gasteiger partial charge in [0.05, 0.1) is 23.7 Å². The molecule has 2 aromatic heterocycles. The van der Waals surface area contributed by atoms with E-state index in [-0.39, 0.29) is 6.04 Å². The first-order chi connectivity index (χ1) is 10.4. The fraction of sp³-hybridized carbons (Fsp3) is 0.333. The van der Waals surface area contributed by atoms with Gasteiger partial charge in [-0.25, -0.2) is 9.97 Å². The minimum Gasteiger partial charge on any atom is -0.371 e. The zero-order valence-corrected chi connectivity index (χ0v) is 12.3. The van der Waals surface area contributed by atoms with E-state index in [4.69, 9.17) is 4.74 Å². The molecule has 1 aliphatic heterocycles. The maximum absolute atomic E-state index is 5.69. The van der Waals surface area contributed by atoms with Crippen LogP contribution in [0.2, 0.25) is 0 Å². The SMILES string of the molecule is c1ccc2c(c1)nc1n2C(CNCc2nccs2)COC1. The van der Waals surface area contributed by atoms with Gasteiger partial charge in [0.1, 0.15) is 17.4 Å². The Balaban J connectivity index is 1.55. The summed E-state index contributed by atoms with van der Waals surface area (Å²) in [5, 5.41) is 6.59. The standard InChI is InChI=1S/C15H16N4OS/c1-2-4-13-12(3-1)18-14-10-20-9-11(19(13)14)7-16-8-15-17-5-6-21-15/h1-6,11,16H,7-10H2. The Hall–Kier alpha value is -1.76. The van der Waals surface area contributed by atoms with E-state index < -0.39 is 0 Å². The maximum Gasteiger partial charge on any atom is 0.136 e. The van der Waals surface area contributed by atoms with Crippen molar-refractivity contribution in [1.82, 2.24) is 19.9 Å². The number of fused-ring (bicyclic) bond motifs is 3. The largest absolute Gasteiger partial charge is 0.371 e. The zero-order valence-electron chi connectivity index (χ0n) is 11.5. The molecule has 0 radical (unpaired) electrons. The normalized spacial score (nSPS) is 18.0. The molecule has 0 saturated heterocycles. The number of rotatable bonds is 4. The van der Waals surface area contributed by atoms with Crippen molar-refractivity contribution in [2.24, 2.45) is 0 Å². The van der Waals surface area contributed by atoms with E-state index in [9.17, 15) is 0 Å². The van der Waals surface area contributed by atoms with Gasteiger partial charge in [-0.2, -0.15) is 0 Å². The van der Waals surface area contributed by atoms with Gasteiger partial charge in [0.15, 0.2) is 0 Å². The number of para-hydroxylation sites is 2. The van der Waals surface area contributed by atoms with Crippen molar-refractivity contribution in [2.45, 2.75) is 19.2 Å². The molecule has 21 heavy (non-hydrogen) atoms. The number of imidazole rings is 1. The smallest absolute Gasteiger partial charge is 0.136 e. The molecule has 1 aliphatic rings. The summed E-state index contributed by atoms with van der Waals surface area (Å²) in [4.78, 5) is 8.95. The number of thiazole rings is 1. The lowest BCUT2D eigenvalue weighted by Crippen LogP contribution is -2.32. The second kappa shape index (κ2) is 5.55. The third-order valence-electron chi connectivity index (χ3n) is 3.72. The highest BCUT2D eigenvalue weighted by Crippen LogP contribution is 2.25. The lowest BCUT2D eigenvalue weighted by molar-refractivity contribution is 0.0564. The molecule has 6 heteroatoms. The summed E-state index contributed by atoms with van der Waals surface area (Å²) in [5.41, 5.74) is 2.24. The second-order valence-corrected chi connectivity index (χ2v) is 6.09. The molecule has 0 aliphatic carbocycles. The zero-order chi connectivity index (χ0) is 14.1. The van der Waals surface area contributed by atoms with Crippen LogP contribution in [0.1, 0.15) is 16.9 Å². The lowest BCUT2D eigenvalue weighted by Gasteiger charge is -2.26. The van der Waals surface area contributed by atoms with Gasteiger partial charge in [-0.3, -0.25) is 0 Å². The number of hydrogen-bond acceptors (Lipinski definition) is 5. The first-order valence-corrected chi connectivity index (χ1v) is 7.92. The first kappa shape index (κ1) is 12.9. The molecule has 0 bridgehead atoms. The van der Waals surface area contributed by atoms with Crippen molar-refractivity contribution < 1.29 is 4.74 Å². The Morgan fingerprint density at radius 1 is 1.38 bits per heavy atom. The molecule has 1 aromatic carbocycles. The Labute approximate surface area is 126 Å². The van der Waals surface area contributed by atoms with Crippen LogP contribution in [0.15, 0.2) is 35.8 Å². The molecule has 4 rings (SSSR count). The molecule has 1 atom stereocenters. The van der Waals surface area contributed by atoms with Gasteiger partial charge in [-0.15, -0.1) is 11.3 Å². The van der Waals surface area contributed by atoms with Crippen LogP contribution >= 0.6 is 11.3 Å². The highest BCUT2D eigenvalue weighted by molar-refractivity contribution is 7.09. The number of nitrogens with one attached hydrogen (secondary N) is 1. The topological polar surface area (TPSA) is 52.0 Å². The Kier molecular flexibility index (Phi) is 3.42. The predicted molar refractivity (Wildman–Crippen MR) is 82.2 cm³/mol. The number of nitrogens with zero attached hydrogens (tertiary/aromatic N) is 3. The highest BCUT2D eigenvalue weighted by Gasteiger charge is 2.23. The quantitative estimate of drug-likeness (QED) is 0.803. The highest BCUT2D eigenvalue weighted by atomic mass is 32.1. The van der Waals surface area contributed by atoms with E-state index >= 15 is 0 Å². The van der Waals surface area contributed by atoms with Gasteiger partial charge >= 0.3 is 0 Å². The van der Waals surface area contributed by atoms with Crippen molar-refractivity contribution >= 4 is 22.4 Å². The molecule has 5 nitrogen and oxygen atoms in total. The van der Waals surface area contributed by atoms with Gasteiger partial charge in [0.2, 0.25) is 0 Å². The molecule has 108 valence electrons. The second-order valence-electron chi connectivity index (χ2n) is 5.11. The fourth-order valence-electron chi connectivity index (χ4n) is 2.80. The van der Waals surface area contributed by atoms with Gasteiger partial charge in [-0.05, 0) is 12.1 Å². The maximum atomic E-state index is 5.69. The summed E-state index contributed by atoms with van der Waals surface area (Å²) in [7, 11) is 0. The van der Waals surface area contributed by atoms with Crippen LogP contribution in [0.3, 0.4) is 0 Å². The van der Waals surface area contributed by atoms with Crippen LogP contribution in [0.25, 0.3) is 11.0 Å². The van der Waals surface area contributed by atoms with E-state index in [1.54, 1.807) is 11.3 Å². The third-order valence-corrected chi connectivity index (χ3v) is 4.49. The molecule has 0 saturated carbocycles. The van der Waals surface area contributed by atoms with Crippen molar-refractivity contribution in [3.05, 3.63) is 46.7 Å². The Morgan fingerprint density at radius 3 is 3.24 bits per heavy atom. The molecule has 0 amide bonds. The van der Waals surface area contributed by atoms with E-state index in [1.165, 1.54) is 5.52 Å². The molecule has 0 fully saturated rings. The van der Waals surface area contributed by atoms with Gasteiger partial charge < -0.3 is 14.6 Å². The number of hydrogen-bond donors (Lipinski definition) is 1. The van der Waals surface area contributed by atoms with Crippen molar-refractivity contribution in [3.8, 4) is 0 Å². The molecular formula is C15H16N4OS. The molecule has 1 unspecified atom stereocenters. The molecule has 3 aromatic rings. The summed E-state index contributed by atoms with van der Waals surface area (Å²) in [6, 6.07) is 8.55. The monoisotopic (exact) mass is 300 g/mol. The van der Waals surface area contributed by atoms with E-state index in [0.717, 1.165) is 36.0 Å². The van der Waals surface area contributed by atoms with Gasteiger partial charge in [0.25, 0.3) is 0 Å². The van der Waals surface area contributed by atoms with E-state index in [2.05, 4.69) is 38.1 Å². The number of aromatic nitrogens is 3. The summed E-state index contributed by atoms with van der Waals surface area (Å²) in [5.74, 6) is 1.02. The van der Waals surface area contributed by atoms with Crippen molar-refractivity contribution in [3.63, 3.8) is 0 Å². The number of ether oxygens (including phenoxy) is 1. The van der Waals surface area contributed by atoms with Gasteiger partial charge in [-0.1, -0.05) is 12.1 Å². The summed E-state index contributed by atoms with van der Waals surface area (Å²) in [6.45, 7) is 2.97. The average molecular weight is 300 g/mol. The van der Waals surface area contributed by atoms with Crippen molar-refractivity contribution in [2.75, 3.05) is 13.2 Å². The van der Waals surface area contributed by atoms with Crippen LogP contribution in [0, 0.1) is 0 Å². The third kappa shape index (κ3) is 2.46. The van der Waals surface area contributed by atoms with Crippen LogP contribution < -0.4 is 5.32 Å². The molecule has 0 spiro atoms. The van der Waals surface area contributed by atoms with Crippen LogP contribution in [-0.2, 0) is 17.9 Å². The Morgan fingerprint density at radius 2 is 2.33 bits per heavy atom. The van der Waals surface area contributed by atoms with Crippen LogP contribution in [0.5, 0.6) is 0 Å². The Bertz CT molecular complexity index is 737. The molecule has 1 N–H and O–H groups in total.